The van der Waals surface area contributed by atoms with Gasteiger partial charge in [0.1, 0.15) is 0 Å². The molecule has 1 aromatic carbocycles. The minimum atomic E-state index is -3.23. The Labute approximate surface area is 199 Å². The van der Waals surface area contributed by atoms with Crippen molar-refractivity contribution in [3.05, 3.63) is 35.4 Å². The second-order valence-corrected chi connectivity index (χ2v) is 9.41. The summed E-state index contributed by atoms with van der Waals surface area (Å²) in [5.74, 6) is 0.702. The van der Waals surface area contributed by atoms with E-state index in [9.17, 15) is 8.42 Å². The minimum absolute atomic E-state index is 0. The largest absolute Gasteiger partial charge is 0.357 e. The van der Waals surface area contributed by atoms with E-state index in [1.807, 2.05) is 20.8 Å². The van der Waals surface area contributed by atoms with Crippen LogP contribution in [-0.2, 0) is 23.1 Å². The van der Waals surface area contributed by atoms with Crippen LogP contribution in [0.4, 0.5) is 0 Å². The van der Waals surface area contributed by atoms with Crippen LogP contribution >= 0.6 is 24.0 Å². The van der Waals surface area contributed by atoms with Gasteiger partial charge in [-0.15, -0.1) is 24.0 Å². The number of nitrogens with one attached hydrogen (secondary N) is 2. The maximum Gasteiger partial charge on any atom is 0.215 e. The van der Waals surface area contributed by atoms with Crippen LogP contribution in [0.5, 0.6) is 0 Å². The first kappa shape index (κ1) is 27.1. The number of likely N-dealkylation sites (tertiary alicyclic amines) is 1. The van der Waals surface area contributed by atoms with Crippen LogP contribution < -0.4 is 10.6 Å². The molecule has 7 nitrogen and oxygen atoms in total. The summed E-state index contributed by atoms with van der Waals surface area (Å²) >= 11 is 0. The van der Waals surface area contributed by atoms with Crippen LogP contribution in [0.3, 0.4) is 0 Å². The zero-order chi connectivity index (χ0) is 21.1. The molecule has 30 heavy (non-hydrogen) atoms. The first-order chi connectivity index (χ1) is 14.0. The summed E-state index contributed by atoms with van der Waals surface area (Å²) in [6, 6.07) is 8.62. The van der Waals surface area contributed by atoms with Gasteiger partial charge in [0.15, 0.2) is 5.96 Å². The summed E-state index contributed by atoms with van der Waals surface area (Å²) in [4.78, 5) is 7.09. The molecule has 0 amide bonds. The predicted molar refractivity (Wildman–Crippen MR) is 136 cm³/mol. The highest BCUT2D eigenvalue weighted by Crippen LogP contribution is 2.13. The molecule has 1 aliphatic heterocycles. The molecule has 2 rings (SSSR count). The maximum atomic E-state index is 12.3. The van der Waals surface area contributed by atoms with Crippen molar-refractivity contribution in [2.24, 2.45) is 4.99 Å². The highest BCUT2D eigenvalue weighted by atomic mass is 127. The lowest BCUT2D eigenvalue weighted by Gasteiger charge is -2.19. The predicted octanol–water partition coefficient (Wildman–Crippen LogP) is 2.63. The molecule has 2 N–H and O–H groups in total. The van der Waals surface area contributed by atoms with Crippen molar-refractivity contribution in [3.8, 4) is 0 Å². The fourth-order valence-corrected chi connectivity index (χ4v) is 4.91. The lowest BCUT2D eigenvalue weighted by Crippen LogP contribution is -2.42. The molecule has 1 aromatic rings. The molecular formula is C21H38IN5O2S. The van der Waals surface area contributed by atoms with Gasteiger partial charge in [-0.2, -0.15) is 0 Å². The van der Waals surface area contributed by atoms with Crippen molar-refractivity contribution in [1.29, 1.82) is 0 Å². The highest BCUT2D eigenvalue weighted by molar-refractivity contribution is 14.0. The molecule has 0 unspecified atom stereocenters. The topological polar surface area (TPSA) is 77.0 Å². The van der Waals surface area contributed by atoms with Crippen LogP contribution in [0.2, 0.25) is 0 Å². The Morgan fingerprint density at radius 3 is 2.20 bits per heavy atom. The standard InChI is InChI=1S/C21H37N5O2S.HI/c1-4-22-21(23-13-16-29(27,28)26(5-2)6-3)24-17-19-9-11-20(12-10-19)18-25-14-7-8-15-25;/h9-12H,4-8,13-18H2,1-3H3,(H2,22,23,24);1H. The van der Waals surface area contributed by atoms with Crippen molar-refractivity contribution >= 4 is 40.0 Å². The van der Waals surface area contributed by atoms with E-state index in [2.05, 4.69) is 44.8 Å². The van der Waals surface area contributed by atoms with Crippen molar-refractivity contribution < 1.29 is 8.42 Å². The monoisotopic (exact) mass is 551 g/mol. The quantitative estimate of drug-likeness (QED) is 0.251. The summed E-state index contributed by atoms with van der Waals surface area (Å²) in [7, 11) is -3.23. The van der Waals surface area contributed by atoms with Gasteiger partial charge in [-0.3, -0.25) is 4.90 Å². The molecule has 1 aliphatic rings. The van der Waals surface area contributed by atoms with E-state index >= 15 is 0 Å². The second kappa shape index (κ2) is 14.2. The van der Waals surface area contributed by atoms with Gasteiger partial charge < -0.3 is 10.6 Å². The van der Waals surface area contributed by atoms with Crippen LogP contribution in [0.15, 0.2) is 29.3 Å². The van der Waals surface area contributed by atoms with Gasteiger partial charge in [-0.1, -0.05) is 38.1 Å². The fourth-order valence-electron chi connectivity index (χ4n) is 3.51. The van der Waals surface area contributed by atoms with Gasteiger partial charge in [0.25, 0.3) is 0 Å². The molecule has 0 aromatic heterocycles. The number of aliphatic imine (C=N–C) groups is 1. The zero-order valence-electron chi connectivity index (χ0n) is 18.6. The van der Waals surface area contributed by atoms with Crippen LogP contribution in [0.25, 0.3) is 0 Å². The molecule has 0 bridgehead atoms. The first-order valence-corrected chi connectivity index (χ1v) is 12.4. The van der Waals surface area contributed by atoms with Gasteiger partial charge in [-0.05, 0) is 44.0 Å². The number of sulfonamides is 1. The van der Waals surface area contributed by atoms with E-state index in [1.54, 1.807) is 0 Å². The molecule has 0 saturated carbocycles. The van der Waals surface area contributed by atoms with E-state index in [-0.39, 0.29) is 29.7 Å². The lowest BCUT2D eigenvalue weighted by molar-refractivity contribution is 0.331. The molecular weight excluding hydrogens is 513 g/mol. The Morgan fingerprint density at radius 1 is 1.03 bits per heavy atom. The average Bonchev–Trinajstić information content (AvgIpc) is 3.21. The van der Waals surface area contributed by atoms with Gasteiger partial charge >= 0.3 is 0 Å². The summed E-state index contributed by atoms with van der Waals surface area (Å²) in [6.45, 7) is 11.8. The number of halogens is 1. The summed E-state index contributed by atoms with van der Waals surface area (Å²) in [6.07, 6.45) is 2.62. The lowest BCUT2D eigenvalue weighted by atomic mass is 10.1. The van der Waals surface area contributed by atoms with Crippen molar-refractivity contribution in [2.75, 3.05) is 45.0 Å². The molecule has 1 fully saturated rings. The number of benzene rings is 1. The van der Waals surface area contributed by atoms with Crippen LogP contribution in [0, 0.1) is 0 Å². The third-order valence-corrected chi connectivity index (χ3v) is 7.17. The molecule has 9 heteroatoms. The van der Waals surface area contributed by atoms with Crippen molar-refractivity contribution in [2.45, 2.75) is 46.7 Å². The summed E-state index contributed by atoms with van der Waals surface area (Å²) in [5, 5.41) is 6.32. The molecule has 1 saturated heterocycles. The maximum absolute atomic E-state index is 12.3. The van der Waals surface area contributed by atoms with E-state index < -0.39 is 10.0 Å². The van der Waals surface area contributed by atoms with Crippen molar-refractivity contribution in [1.82, 2.24) is 19.8 Å². The van der Waals surface area contributed by atoms with Gasteiger partial charge in [0.2, 0.25) is 10.0 Å². The van der Waals surface area contributed by atoms with E-state index in [1.165, 1.54) is 35.8 Å². The second-order valence-electron chi connectivity index (χ2n) is 7.32. The third-order valence-electron chi connectivity index (χ3n) is 5.14. The van der Waals surface area contributed by atoms with E-state index in [0.29, 0.717) is 32.1 Å². The number of hydrogen-bond acceptors (Lipinski definition) is 4. The zero-order valence-corrected chi connectivity index (χ0v) is 21.7. The Hall–Kier alpha value is -0.910. The smallest absolute Gasteiger partial charge is 0.215 e. The molecule has 0 spiro atoms. The van der Waals surface area contributed by atoms with Gasteiger partial charge in [-0.25, -0.2) is 17.7 Å². The van der Waals surface area contributed by atoms with E-state index in [4.69, 9.17) is 0 Å². The molecule has 0 aliphatic carbocycles. The van der Waals surface area contributed by atoms with E-state index in [0.717, 1.165) is 18.7 Å². The minimum Gasteiger partial charge on any atom is -0.357 e. The molecule has 172 valence electrons. The first-order valence-electron chi connectivity index (χ1n) is 10.8. The van der Waals surface area contributed by atoms with Gasteiger partial charge in [0.05, 0.1) is 12.3 Å². The number of rotatable bonds is 11. The number of hydrogen-bond donors (Lipinski definition) is 2. The Kier molecular flexibility index (Phi) is 12.8. The van der Waals surface area contributed by atoms with Gasteiger partial charge in [0, 0.05) is 32.7 Å². The van der Waals surface area contributed by atoms with Crippen LogP contribution in [0.1, 0.15) is 44.7 Å². The summed E-state index contributed by atoms with van der Waals surface area (Å²) < 4.78 is 26.1. The summed E-state index contributed by atoms with van der Waals surface area (Å²) in [5.41, 5.74) is 2.48. The third kappa shape index (κ3) is 9.07. The highest BCUT2D eigenvalue weighted by Gasteiger charge is 2.18. The number of guanidine groups is 1. The Bertz CT molecular complexity index is 730. The van der Waals surface area contributed by atoms with Crippen LogP contribution in [-0.4, -0.2) is 68.6 Å². The Morgan fingerprint density at radius 2 is 1.63 bits per heavy atom. The number of nitrogens with zero attached hydrogens (tertiary/aromatic N) is 3. The van der Waals surface area contributed by atoms with Crippen molar-refractivity contribution in [3.63, 3.8) is 0 Å². The normalized spacial score (nSPS) is 15.3. The fraction of sp³-hybridized carbons (Fsp3) is 0.667. The molecule has 1 heterocycles. The molecule has 0 radical (unpaired) electrons. The molecule has 0 atom stereocenters. The average molecular weight is 552 g/mol. The Balaban J connectivity index is 0.00000450. The SMILES string of the molecule is CCNC(=NCc1ccc(CN2CCCC2)cc1)NCCS(=O)(=O)N(CC)CC.I.